The Kier molecular flexibility index (Phi) is 19.6. The standard InChI is InChI=1S/C51H80N2O17S/c1-17-35-51(10)38(42(47(60)70-51)71-24-36(54)52-31-18-19-32(46(59)62-14)34(21-31)61-13)27(4)39(55)25(2)22-50(9,64-16)44(69-48-40(56)33(53(11)12)20-26(3)65-48)28(5)41(29(6)45(58)67-35)68-37-23-49(8,63-15)43(57)30(7)66-37/h18-19,21,25-30,33,35,37-38,40-44,48,56-57H,17,20,22-24H2,1-16H3,(H,52,54)/t25-,26-,27+,28+,29-,30-,33+,35-,37+,38?,40-,41+,42?,43+,44-,48+,49-,50-,51-/m1/s1. The zero-order valence-electron chi connectivity index (χ0n) is 44.4. The number of nitrogens with one attached hydrogen (secondary N) is 1. The summed E-state index contributed by atoms with van der Waals surface area (Å²) in [6, 6.07) is 4.13. The first-order valence-electron chi connectivity index (χ1n) is 24.6. The zero-order valence-corrected chi connectivity index (χ0v) is 45.2. The first-order chi connectivity index (χ1) is 33.2. The molecule has 0 radical (unpaired) electrons. The van der Waals surface area contributed by atoms with Gasteiger partial charge in [0.1, 0.15) is 40.7 Å². The van der Waals surface area contributed by atoms with Crippen molar-refractivity contribution in [2.24, 2.45) is 29.6 Å². The Hall–Kier alpha value is -3.44. The number of ketones is 1. The SMILES string of the molecule is CC[C@H]1OC(=O)[C@H](C)[C@@H](O[C@H]2C[C@@](C)(OC)[C@@H](O)[C@@H](C)O2)[C@H](C)[C@@H](O[C@@H]2O[C@H](C)C[C@H](N(C)C)[C@H]2O)[C@](C)(OC)C[C@@H](C)C(=O)[C@@H](C)C2C(SCC(=O)Nc3ccc(C(=O)OC)c(OC)c3)C(=O)O[C@@]21C. The minimum absolute atomic E-state index is 0.0709. The van der Waals surface area contributed by atoms with Gasteiger partial charge in [-0.1, -0.05) is 27.7 Å². The van der Waals surface area contributed by atoms with E-state index >= 15 is 4.79 Å². The second kappa shape index (κ2) is 23.8. The second-order valence-corrected chi connectivity index (χ2v) is 21.9. The number of fused-ring (bicyclic) bond motifs is 1. The molecule has 4 saturated heterocycles. The highest BCUT2D eigenvalue weighted by Gasteiger charge is 2.62. The van der Waals surface area contributed by atoms with Crippen LogP contribution in [0.3, 0.4) is 0 Å². The number of carbonyl (C=O) groups is 5. The maximum Gasteiger partial charge on any atom is 0.341 e. The zero-order chi connectivity index (χ0) is 53.1. The molecule has 19 atom stereocenters. The number of nitrogens with zero attached hydrogens (tertiary/aromatic N) is 1. The lowest BCUT2D eigenvalue weighted by atomic mass is 9.70. The van der Waals surface area contributed by atoms with Crippen molar-refractivity contribution in [3.05, 3.63) is 23.8 Å². The number of anilines is 1. The van der Waals surface area contributed by atoms with E-state index in [0.29, 0.717) is 12.1 Å². The van der Waals surface area contributed by atoms with Gasteiger partial charge in [-0.25, -0.2) is 4.79 Å². The van der Waals surface area contributed by atoms with Crippen molar-refractivity contribution < 1.29 is 81.6 Å². The van der Waals surface area contributed by atoms with Crippen LogP contribution < -0.4 is 10.1 Å². The molecule has 4 aliphatic heterocycles. The number of methoxy groups -OCH3 is 4. The molecule has 2 unspecified atom stereocenters. The van der Waals surface area contributed by atoms with Crippen molar-refractivity contribution in [1.82, 2.24) is 4.90 Å². The molecule has 1 aromatic carbocycles. The fourth-order valence-electron chi connectivity index (χ4n) is 11.3. The van der Waals surface area contributed by atoms with Crippen molar-refractivity contribution in [2.75, 3.05) is 53.6 Å². The van der Waals surface area contributed by atoms with E-state index in [2.05, 4.69) is 5.32 Å². The molecular formula is C51H80N2O17S. The Morgan fingerprint density at radius 3 is 2.14 bits per heavy atom. The van der Waals surface area contributed by atoms with Crippen LogP contribution in [-0.2, 0) is 61.8 Å². The van der Waals surface area contributed by atoms with Gasteiger partial charge in [-0.05, 0) is 87.0 Å². The predicted octanol–water partition coefficient (Wildman–Crippen LogP) is 4.80. The second-order valence-electron chi connectivity index (χ2n) is 20.8. The van der Waals surface area contributed by atoms with Crippen molar-refractivity contribution in [2.45, 2.75) is 178 Å². The van der Waals surface area contributed by atoms with Gasteiger partial charge in [-0.3, -0.25) is 19.2 Å². The fourth-order valence-corrected chi connectivity index (χ4v) is 12.6. The highest BCUT2D eigenvalue weighted by atomic mass is 32.2. The van der Waals surface area contributed by atoms with E-state index in [0.717, 1.165) is 11.8 Å². The number of rotatable bonds is 14. The molecule has 71 heavy (non-hydrogen) atoms. The van der Waals surface area contributed by atoms with Crippen LogP contribution in [0.25, 0.3) is 0 Å². The van der Waals surface area contributed by atoms with E-state index in [9.17, 15) is 29.4 Å². The van der Waals surface area contributed by atoms with Gasteiger partial charge in [0.2, 0.25) is 5.91 Å². The molecule has 20 heteroatoms. The third-order valence-electron chi connectivity index (χ3n) is 15.5. The number of esters is 3. The number of thioether (sulfide) groups is 1. The van der Waals surface area contributed by atoms with Crippen LogP contribution in [0.4, 0.5) is 5.69 Å². The number of aliphatic hydroxyl groups is 2. The highest BCUT2D eigenvalue weighted by Crippen LogP contribution is 2.49. The van der Waals surface area contributed by atoms with Crippen LogP contribution in [0.1, 0.15) is 105 Å². The molecule has 0 aliphatic carbocycles. The quantitative estimate of drug-likeness (QED) is 0.168. The number of cyclic esters (lactones) is 1. The molecule has 402 valence electrons. The molecule has 4 aliphatic rings. The van der Waals surface area contributed by atoms with E-state index in [1.54, 1.807) is 48.5 Å². The number of benzene rings is 1. The third-order valence-corrected chi connectivity index (χ3v) is 16.8. The van der Waals surface area contributed by atoms with Crippen molar-refractivity contribution in [1.29, 1.82) is 0 Å². The van der Waals surface area contributed by atoms with Crippen molar-refractivity contribution in [3.63, 3.8) is 0 Å². The molecule has 4 heterocycles. The number of aliphatic hydroxyl groups excluding tert-OH is 2. The fraction of sp³-hybridized carbons (Fsp3) is 0.784. The first kappa shape index (κ1) is 58.4. The minimum Gasteiger partial charge on any atom is -0.496 e. The van der Waals surface area contributed by atoms with Crippen LogP contribution >= 0.6 is 11.8 Å². The summed E-state index contributed by atoms with van der Waals surface area (Å²) in [5, 5.41) is 24.7. The molecule has 4 fully saturated rings. The van der Waals surface area contributed by atoms with E-state index in [1.165, 1.54) is 46.6 Å². The predicted molar refractivity (Wildman–Crippen MR) is 262 cm³/mol. The maximum atomic E-state index is 15.1. The Bertz CT molecular complexity index is 2050. The summed E-state index contributed by atoms with van der Waals surface area (Å²) < 4.78 is 61.6. The van der Waals surface area contributed by atoms with E-state index in [4.69, 9.17) is 47.4 Å². The normalized spacial score (nSPS) is 40.5. The molecule has 0 aromatic heterocycles. The van der Waals surface area contributed by atoms with Crippen LogP contribution in [0.2, 0.25) is 0 Å². The molecule has 0 bridgehead atoms. The smallest absolute Gasteiger partial charge is 0.341 e. The van der Waals surface area contributed by atoms with Crippen LogP contribution in [0.15, 0.2) is 18.2 Å². The molecule has 0 spiro atoms. The van der Waals surface area contributed by atoms with E-state index in [1.807, 2.05) is 39.8 Å². The summed E-state index contributed by atoms with van der Waals surface area (Å²) >= 11 is 1.01. The van der Waals surface area contributed by atoms with Crippen LogP contribution in [-0.4, -0.2) is 176 Å². The summed E-state index contributed by atoms with van der Waals surface area (Å²) in [5.41, 5.74) is -3.47. The maximum absolute atomic E-state index is 15.1. The molecule has 1 aromatic rings. The van der Waals surface area contributed by atoms with Gasteiger partial charge < -0.3 is 67.8 Å². The van der Waals surface area contributed by atoms with Gasteiger partial charge in [0.05, 0.1) is 61.5 Å². The Labute approximate surface area is 423 Å². The number of ether oxygens (including phenoxy) is 10. The van der Waals surface area contributed by atoms with Gasteiger partial charge in [-0.2, -0.15) is 0 Å². The number of Topliss-reactive ketones (excluding diaryl/α,β-unsaturated/α-hetero) is 1. The van der Waals surface area contributed by atoms with E-state index < -0.39 is 125 Å². The van der Waals surface area contributed by atoms with Crippen molar-refractivity contribution in [3.8, 4) is 5.75 Å². The van der Waals surface area contributed by atoms with Crippen molar-refractivity contribution >= 4 is 47.0 Å². The summed E-state index contributed by atoms with van der Waals surface area (Å²) in [4.78, 5) is 72.0. The van der Waals surface area contributed by atoms with Gasteiger partial charge in [0, 0.05) is 62.1 Å². The summed E-state index contributed by atoms with van der Waals surface area (Å²) in [5.74, 6) is -7.15. The number of carbonyl (C=O) groups excluding carboxylic acids is 5. The Morgan fingerprint density at radius 2 is 1.55 bits per heavy atom. The Morgan fingerprint density at radius 1 is 0.887 bits per heavy atom. The first-order valence-corrected chi connectivity index (χ1v) is 25.7. The van der Waals surface area contributed by atoms with Crippen LogP contribution in [0.5, 0.6) is 5.75 Å². The average Bonchev–Trinajstić information content (AvgIpc) is 3.60. The minimum atomic E-state index is -1.55. The molecular weight excluding hydrogens is 945 g/mol. The third kappa shape index (κ3) is 12.4. The van der Waals surface area contributed by atoms with Crippen LogP contribution in [0, 0.1) is 29.6 Å². The number of amides is 1. The van der Waals surface area contributed by atoms with Gasteiger partial charge in [0.25, 0.3) is 0 Å². The topological polar surface area (TPSA) is 233 Å². The summed E-state index contributed by atoms with van der Waals surface area (Å²) in [7, 11) is 9.37. The number of likely N-dealkylation sites (N-methyl/N-ethyl adjacent to an activating group) is 1. The Balaban J connectivity index is 1.57. The lowest BCUT2D eigenvalue weighted by molar-refractivity contribution is -0.319. The lowest BCUT2D eigenvalue weighted by Gasteiger charge is -2.50. The summed E-state index contributed by atoms with van der Waals surface area (Å²) in [6.07, 6.45) is -7.61. The molecule has 1 amide bonds. The van der Waals surface area contributed by atoms with Gasteiger partial charge >= 0.3 is 17.9 Å². The highest BCUT2D eigenvalue weighted by molar-refractivity contribution is 8.01. The molecule has 3 N–H and O–H groups in total. The average molecular weight is 1030 g/mol. The summed E-state index contributed by atoms with van der Waals surface area (Å²) in [6.45, 7) is 17.7. The van der Waals surface area contributed by atoms with Gasteiger partial charge in [0.15, 0.2) is 18.2 Å². The number of hydrogen-bond acceptors (Lipinski definition) is 19. The number of hydrogen-bond donors (Lipinski definition) is 3. The monoisotopic (exact) mass is 1020 g/mol. The van der Waals surface area contributed by atoms with Gasteiger partial charge in [-0.15, -0.1) is 11.8 Å². The van der Waals surface area contributed by atoms with E-state index in [-0.39, 0.29) is 54.3 Å². The molecule has 19 nitrogen and oxygen atoms in total. The molecule has 5 rings (SSSR count). The largest absolute Gasteiger partial charge is 0.496 e. The lowest BCUT2D eigenvalue weighted by Crippen LogP contribution is -2.61. The molecule has 0 saturated carbocycles.